The number of benzene rings is 2. The third kappa shape index (κ3) is 4.54. The Kier molecular flexibility index (Phi) is 5.71. The van der Waals surface area contributed by atoms with Gasteiger partial charge >= 0.3 is 0 Å². The van der Waals surface area contributed by atoms with Gasteiger partial charge in [-0.1, -0.05) is 65.4 Å². The highest BCUT2D eigenvalue weighted by atomic mass is 32.1. The van der Waals surface area contributed by atoms with Crippen molar-refractivity contribution in [2.45, 2.75) is 6.92 Å². The molecule has 2 heterocycles. The SMILES string of the molecule is Cc1ccc(N=Nc2sc(/C(C#N)=C\c3cccs3)nc2-c2ccccc2)cc1. The first-order valence-electron chi connectivity index (χ1n) is 8.93. The number of nitriles is 1. The monoisotopic (exact) mass is 412 g/mol. The fourth-order valence-electron chi connectivity index (χ4n) is 2.65. The van der Waals surface area contributed by atoms with E-state index in [1.165, 1.54) is 16.9 Å². The van der Waals surface area contributed by atoms with Gasteiger partial charge in [-0.05, 0) is 36.6 Å². The van der Waals surface area contributed by atoms with Crippen molar-refractivity contribution in [3.05, 3.63) is 87.6 Å². The van der Waals surface area contributed by atoms with Gasteiger partial charge in [0.25, 0.3) is 0 Å². The van der Waals surface area contributed by atoms with Gasteiger partial charge in [-0.3, -0.25) is 0 Å². The molecule has 140 valence electrons. The molecular weight excluding hydrogens is 396 g/mol. The quantitative estimate of drug-likeness (QED) is 0.249. The summed E-state index contributed by atoms with van der Waals surface area (Å²) in [4.78, 5) is 5.75. The zero-order valence-electron chi connectivity index (χ0n) is 15.6. The number of rotatable bonds is 5. The number of aryl methyl sites for hydroxylation is 1. The largest absolute Gasteiger partial charge is 0.233 e. The summed E-state index contributed by atoms with van der Waals surface area (Å²) in [6.45, 7) is 2.03. The average molecular weight is 413 g/mol. The zero-order valence-corrected chi connectivity index (χ0v) is 17.2. The van der Waals surface area contributed by atoms with Crippen LogP contribution in [0.3, 0.4) is 0 Å². The van der Waals surface area contributed by atoms with Crippen LogP contribution in [0.2, 0.25) is 0 Å². The Morgan fingerprint density at radius 2 is 1.79 bits per heavy atom. The molecule has 0 spiro atoms. The molecular formula is C23H16N4S2. The lowest BCUT2D eigenvalue weighted by Crippen LogP contribution is -1.82. The Labute approximate surface area is 177 Å². The van der Waals surface area contributed by atoms with Gasteiger partial charge in [0, 0.05) is 10.4 Å². The summed E-state index contributed by atoms with van der Waals surface area (Å²) in [6.07, 6.45) is 1.86. The molecule has 0 unspecified atom stereocenters. The van der Waals surface area contributed by atoms with Crippen LogP contribution < -0.4 is 0 Å². The maximum atomic E-state index is 9.68. The minimum Gasteiger partial charge on any atom is -0.233 e. The Bertz CT molecular complexity index is 1200. The second-order valence-electron chi connectivity index (χ2n) is 6.26. The third-order valence-corrected chi connectivity index (χ3v) is 5.92. The van der Waals surface area contributed by atoms with Crippen molar-refractivity contribution in [2.24, 2.45) is 10.2 Å². The van der Waals surface area contributed by atoms with Crippen molar-refractivity contribution in [1.82, 2.24) is 4.98 Å². The van der Waals surface area contributed by atoms with Gasteiger partial charge in [0.05, 0.1) is 11.3 Å². The van der Waals surface area contributed by atoms with E-state index in [1.54, 1.807) is 11.3 Å². The van der Waals surface area contributed by atoms with Crippen molar-refractivity contribution < 1.29 is 0 Å². The summed E-state index contributed by atoms with van der Waals surface area (Å²) in [5.41, 5.74) is 4.15. The molecule has 4 nitrogen and oxygen atoms in total. The van der Waals surface area contributed by atoms with Crippen LogP contribution in [0.1, 0.15) is 15.4 Å². The van der Waals surface area contributed by atoms with Gasteiger partial charge in [0.1, 0.15) is 16.8 Å². The fraction of sp³-hybridized carbons (Fsp3) is 0.0435. The number of azo groups is 1. The van der Waals surface area contributed by atoms with E-state index in [4.69, 9.17) is 4.98 Å². The van der Waals surface area contributed by atoms with Crippen molar-refractivity contribution in [1.29, 1.82) is 5.26 Å². The highest BCUT2D eigenvalue weighted by Gasteiger charge is 2.16. The number of aromatic nitrogens is 1. The second-order valence-corrected chi connectivity index (χ2v) is 8.22. The van der Waals surface area contributed by atoms with Gasteiger partial charge in [-0.2, -0.15) is 5.26 Å². The Hall–Kier alpha value is -3.40. The first-order valence-corrected chi connectivity index (χ1v) is 10.6. The molecule has 0 atom stereocenters. The molecule has 0 saturated carbocycles. The van der Waals surface area contributed by atoms with E-state index >= 15 is 0 Å². The van der Waals surface area contributed by atoms with Gasteiger partial charge in [-0.15, -0.1) is 21.6 Å². The van der Waals surface area contributed by atoms with Crippen LogP contribution in [0.5, 0.6) is 0 Å². The number of nitrogens with zero attached hydrogens (tertiary/aromatic N) is 4. The van der Waals surface area contributed by atoms with Crippen molar-refractivity contribution in [2.75, 3.05) is 0 Å². The van der Waals surface area contributed by atoms with Gasteiger partial charge < -0.3 is 0 Å². The zero-order chi connectivity index (χ0) is 20.1. The van der Waals surface area contributed by atoms with Crippen molar-refractivity contribution >= 4 is 45.0 Å². The van der Waals surface area contributed by atoms with Crippen molar-refractivity contribution in [3.63, 3.8) is 0 Å². The van der Waals surface area contributed by atoms with Gasteiger partial charge in [0.2, 0.25) is 0 Å². The van der Waals surface area contributed by atoms with Crippen LogP contribution in [0, 0.1) is 18.3 Å². The Morgan fingerprint density at radius 1 is 1.00 bits per heavy atom. The molecule has 0 aliphatic carbocycles. The molecule has 0 aliphatic heterocycles. The molecule has 0 fully saturated rings. The summed E-state index contributed by atoms with van der Waals surface area (Å²) in [5.74, 6) is 0. The second kappa shape index (κ2) is 8.74. The topological polar surface area (TPSA) is 61.4 Å². The molecule has 4 rings (SSSR count). The fourth-order valence-corrected chi connectivity index (χ4v) is 4.18. The van der Waals surface area contributed by atoms with E-state index in [0.29, 0.717) is 15.6 Å². The van der Waals surface area contributed by atoms with Crippen molar-refractivity contribution in [3.8, 4) is 17.3 Å². The van der Waals surface area contributed by atoms with Crippen LogP contribution >= 0.6 is 22.7 Å². The molecule has 29 heavy (non-hydrogen) atoms. The smallest absolute Gasteiger partial charge is 0.167 e. The van der Waals surface area contributed by atoms with E-state index in [-0.39, 0.29) is 0 Å². The van der Waals surface area contributed by atoms with E-state index < -0.39 is 0 Å². The maximum absolute atomic E-state index is 9.68. The van der Waals surface area contributed by atoms with Crippen LogP contribution in [0.4, 0.5) is 10.7 Å². The molecule has 0 bridgehead atoms. The summed E-state index contributed by atoms with van der Waals surface area (Å²) < 4.78 is 0. The maximum Gasteiger partial charge on any atom is 0.167 e. The van der Waals surface area contributed by atoms with E-state index in [1.807, 2.05) is 85.1 Å². The first-order chi connectivity index (χ1) is 14.2. The molecule has 4 aromatic rings. The molecule has 0 N–H and O–H groups in total. The van der Waals surface area contributed by atoms with Gasteiger partial charge in [-0.25, -0.2) is 4.98 Å². The Balaban J connectivity index is 1.77. The van der Waals surface area contributed by atoms with E-state index in [9.17, 15) is 5.26 Å². The molecule has 0 aliphatic rings. The number of thiazole rings is 1. The molecule has 6 heteroatoms. The lowest BCUT2D eigenvalue weighted by Gasteiger charge is -1.97. The number of hydrogen-bond donors (Lipinski definition) is 0. The molecule has 0 saturated heterocycles. The first kappa shape index (κ1) is 18.9. The Morgan fingerprint density at radius 3 is 2.48 bits per heavy atom. The van der Waals surface area contributed by atoms with Crippen LogP contribution in [-0.4, -0.2) is 4.98 Å². The number of thiophene rings is 1. The van der Waals surface area contributed by atoms with Crippen LogP contribution in [0.25, 0.3) is 22.9 Å². The van der Waals surface area contributed by atoms with E-state index in [0.717, 1.165) is 21.8 Å². The predicted molar refractivity (Wildman–Crippen MR) is 121 cm³/mol. The summed E-state index contributed by atoms with van der Waals surface area (Å²) in [6, 6.07) is 23.9. The minimum atomic E-state index is 0.520. The highest BCUT2D eigenvalue weighted by Crippen LogP contribution is 2.39. The minimum absolute atomic E-state index is 0.520. The number of hydrogen-bond acceptors (Lipinski definition) is 6. The third-order valence-electron chi connectivity index (χ3n) is 4.13. The highest BCUT2D eigenvalue weighted by molar-refractivity contribution is 7.17. The summed E-state index contributed by atoms with van der Waals surface area (Å²) in [7, 11) is 0. The predicted octanol–water partition coefficient (Wildman–Crippen LogP) is 7.66. The normalized spacial score (nSPS) is 11.7. The average Bonchev–Trinajstić information content (AvgIpc) is 3.42. The number of allylic oxidation sites excluding steroid dienone is 1. The van der Waals surface area contributed by atoms with Crippen LogP contribution in [0.15, 0.2) is 82.3 Å². The molecule has 2 aromatic carbocycles. The lowest BCUT2D eigenvalue weighted by atomic mass is 10.1. The molecule has 2 aromatic heterocycles. The van der Waals surface area contributed by atoms with E-state index in [2.05, 4.69) is 16.3 Å². The standard InChI is InChI=1S/C23H16N4S2/c1-16-9-11-19(12-10-16)26-27-23-21(17-6-3-2-4-7-17)25-22(29-23)18(15-24)14-20-8-5-13-28-20/h2-14H,1H3/b18-14-,27-26?. The molecule has 0 amide bonds. The molecule has 0 radical (unpaired) electrons. The summed E-state index contributed by atoms with van der Waals surface area (Å²) >= 11 is 2.96. The summed E-state index contributed by atoms with van der Waals surface area (Å²) in [5, 5.41) is 21.8. The van der Waals surface area contributed by atoms with Crippen LogP contribution in [-0.2, 0) is 0 Å². The van der Waals surface area contributed by atoms with Gasteiger partial charge in [0.15, 0.2) is 5.00 Å². The lowest BCUT2D eigenvalue weighted by molar-refractivity contribution is 1.24.